The van der Waals surface area contributed by atoms with Gasteiger partial charge < -0.3 is 4.74 Å². The number of halogens is 5. The number of unbranched alkanes of at least 4 members (excludes halogenated alkanes) is 1. The maximum atomic E-state index is 15.1. The average molecular weight is 515 g/mol. The standard InChI is InChI=1S/C29H27F5N2O/c1-2-3-14-37-23-17-35-27(36-18-23)13-7-19-5-11-24-22(15-19)10-9-21(28(24)31)8-4-20-6-12-25(26(30)16-20)29(32,33)34/h5-6,9-12,15-18H,2-4,7-8,13-14H2,1H3. The SMILES string of the molecule is CCCCOc1cnc(CCc2ccc3c(F)c(CCc4ccc(C(F)(F)F)c(F)c4)ccc3c2)nc1. The fraction of sp³-hybridized carbons (Fsp3) is 0.310. The van der Waals surface area contributed by atoms with Crippen LogP contribution in [0.3, 0.4) is 0 Å². The molecule has 4 rings (SSSR count). The molecule has 0 unspecified atom stereocenters. The summed E-state index contributed by atoms with van der Waals surface area (Å²) in [7, 11) is 0. The first-order chi connectivity index (χ1) is 17.7. The molecule has 0 atom stereocenters. The first-order valence-electron chi connectivity index (χ1n) is 12.2. The smallest absolute Gasteiger partial charge is 0.419 e. The third kappa shape index (κ3) is 6.81. The number of nitrogens with zero attached hydrogens (tertiary/aromatic N) is 2. The third-order valence-corrected chi connectivity index (χ3v) is 6.21. The van der Waals surface area contributed by atoms with Crippen molar-refractivity contribution in [1.29, 1.82) is 0 Å². The second kappa shape index (κ2) is 11.7. The summed E-state index contributed by atoms with van der Waals surface area (Å²) in [5.41, 5.74) is 0.522. The molecular formula is C29H27F5N2O. The molecule has 0 bridgehead atoms. The molecular weight excluding hydrogens is 487 g/mol. The fourth-order valence-corrected chi connectivity index (χ4v) is 4.10. The van der Waals surface area contributed by atoms with Crippen LogP contribution in [0.2, 0.25) is 0 Å². The first-order valence-corrected chi connectivity index (χ1v) is 12.2. The van der Waals surface area contributed by atoms with E-state index < -0.39 is 17.6 Å². The van der Waals surface area contributed by atoms with Crippen molar-refractivity contribution in [2.45, 2.75) is 51.6 Å². The minimum Gasteiger partial charge on any atom is -0.490 e. The molecule has 0 aliphatic heterocycles. The predicted octanol–water partition coefficient (Wildman–Crippen LogP) is 7.68. The Labute approximate surface area is 212 Å². The lowest BCUT2D eigenvalue weighted by Gasteiger charge is -2.11. The van der Waals surface area contributed by atoms with Crippen LogP contribution >= 0.6 is 0 Å². The van der Waals surface area contributed by atoms with Gasteiger partial charge in [-0.25, -0.2) is 18.7 Å². The number of hydrogen-bond donors (Lipinski definition) is 0. The zero-order valence-corrected chi connectivity index (χ0v) is 20.4. The van der Waals surface area contributed by atoms with E-state index in [9.17, 15) is 17.6 Å². The summed E-state index contributed by atoms with van der Waals surface area (Å²) in [6.07, 6.45) is 2.42. The molecule has 37 heavy (non-hydrogen) atoms. The van der Waals surface area contributed by atoms with Crippen molar-refractivity contribution in [1.82, 2.24) is 9.97 Å². The van der Waals surface area contributed by atoms with Gasteiger partial charge in [-0.05, 0) is 59.9 Å². The highest BCUT2D eigenvalue weighted by atomic mass is 19.4. The van der Waals surface area contributed by atoms with Crippen LogP contribution < -0.4 is 4.74 Å². The number of aromatic nitrogens is 2. The van der Waals surface area contributed by atoms with Crippen molar-refractivity contribution in [3.8, 4) is 5.75 Å². The monoisotopic (exact) mass is 514 g/mol. The topological polar surface area (TPSA) is 35.0 Å². The van der Waals surface area contributed by atoms with E-state index in [1.54, 1.807) is 24.5 Å². The first kappa shape index (κ1) is 26.5. The van der Waals surface area contributed by atoms with E-state index in [0.29, 0.717) is 47.5 Å². The molecule has 194 valence electrons. The van der Waals surface area contributed by atoms with Crippen molar-refractivity contribution >= 4 is 10.8 Å². The number of alkyl halides is 3. The van der Waals surface area contributed by atoms with Gasteiger partial charge in [0.05, 0.1) is 24.6 Å². The van der Waals surface area contributed by atoms with Crippen molar-refractivity contribution in [3.63, 3.8) is 0 Å². The Morgan fingerprint density at radius 3 is 2.22 bits per heavy atom. The van der Waals surface area contributed by atoms with Gasteiger partial charge >= 0.3 is 6.18 Å². The highest BCUT2D eigenvalue weighted by Crippen LogP contribution is 2.32. The van der Waals surface area contributed by atoms with Gasteiger partial charge in [0.25, 0.3) is 0 Å². The van der Waals surface area contributed by atoms with Crippen molar-refractivity contribution < 1.29 is 26.7 Å². The Balaban J connectivity index is 1.38. The minimum atomic E-state index is -4.74. The van der Waals surface area contributed by atoms with Crippen LogP contribution in [-0.2, 0) is 31.9 Å². The number of ether oxygens (including phenoxy) is 1. The van der Waals surface area contributed by atoms with Crippen LogP contribution in [0.15, 0.2) is 60.9 Å². The Bertz CT molecular complexity index is 1350. The van der Waals surface area contributed by atoms with Gasteiger partial charge in [-0.15, -0.1) is 0 Å². The van der Waals surface area contributed by atoms with E-state index in [1.807, 2.05) is 18.2 Å². The van der Waals surface area contributed by atoms with Gasteiger partial charge in [-0.2, -0.15) is 13.2 Å². The summed E-state index contributed by atoms with van der Waals surface area (Å²) in [5.74, 6) is -0.349. The summed E-state index contributed by atoms with van der Waals surface area (Å²) in [6, 6.07) is 11.8. The molecule has 1 heterocycles. The van der Waals surface area contributed by atoms with Crippen molar-refractivity contribution in [2.75, 3.05) is 6.61 Å². The van der Waals surface area contributed by atoms with E-state index in [4.69, 9.17) is 4.74 Å². The maximum Gasteiger partial charge on any atom is 0.419 e. The van der Waals surface area contributed by atoms with E-state index in [0.717, 1.165) is 35.9 Å². The third-order valence-electron chi connectivity index (χ3n) is 6.21. The van der Waals surface area contributed by atoms with Crippen LogP contribution in [0.4, 0.5) is 22.0 Å². The number of aryl methyl sites for hydroxylation is 4. The normalized spacial score (nSPS) is 11.7. The van der Waals surface area contributed by atoms with Crippen LogP contribution in [0, 0.1) is 11.6 Å². The fourth-order valence-electron chi connectivity index (χ4n) is 4.10. The highest BCUT2D eigenvalue weighted by molar-refractivity contribution is 5.84. The van der Waals surface area contributed by atoms with Crippen molar-refractivity contribution in [2.24, 2.45) is 0 Å². The van der Waals surface area contributed by atoms with Crippen LogP contribution in [0.25, 0.3) is 10.8 Å². The largest absolute Gasteiger partial charge is 0.490 e. The molecule has 3 aromatic carbocycles. The molecule has 3 nitrogen and oxygen atoms in total. The Hall–Kier alpha value is -3.55. The van der Waals surface area contributed by atoms with Gasteiger partial charge in [0.1, 0.15) is 17.5 Å². The van der Waals surface area contributed by atoms with Gasteiger partial charge in [0, 0.05) is 11.8 Å². The Kier molecular flexibility index (Phi) is 8.36. The van der Waals surface area contributed by atoms with E-state index in [-0.39, 0.29) is 18.7 Å². The van der Waals surface area contributed by atoms with E-state index in [1.165, 1.54) is 6.07 Å². The molecule has 0 radical (unpaired) electrons. The minimum absolute atomic E-state index is 0.220. The summed E-state index contributed by atoms with van der Waals surface area (Å²) in [5, 5.41) is 1.21. The van der Waals surface area contributed by atoms with Crippen LogP contribution in [-0.4, -0.2) is 16.6 Å². The highest BCUT2D eigenvalue weighted by Gasteiger charge is 2.33. The lowest BCUT2D eigenvalue weighted by Crippen LogP contribution is -2.08. The predicted molar refractivity (Wildman–Crippen MR) is 133 cm³/mol. The molecule has 1 aromatic heterocycles. The second-order valence-electron chi connectivity index (χ2n) is 8.94. The van der Waals surface area contributed by atoms with Crippen molar-refractivity contribution in [3.05, 3.63) is 101 Å². The maximum absolute atomic E-state index is 15.1. The number of fused-ring (bicyclic) bond motifs is 1. The number of rotatable bonds is 10. The summed E-state index contributed by atoms with van der Waals surface area (Å²) >= 11 is 0. The summed E-state index contributed by atoms with van der Waals surface area (Å²) in [6.45, 7) is 2.74. The van der Waals surface area contributed by atoms with Gasteiger partial charge in [0.15, 0.2) is 5.75 Å². The molecule has 0 fully saturated rings. The Morgan fingerprint density at radius 2 is 1.51 bits per heavy atom. The molecule has 0 saturated heterocycles. The zero-order valence-electron chi connectivity index (χ0n) is 20.4. The van der Waals surface area contributed by atoms with E-state index >= 15 is 4.39 Å². The molecule has 8 heteroatoms. The molecule has 0 spiro atoms. The zero-order chi connectivity index (χ0) is 26.4. The molecule has 0 amide bonds. The number of benzene rings is 3. The van der Waals surface area contributed by atoms with Gasteiger partial charge in [-0.1, -0.05) is 49.7 Å². The van der Waals surface area contributed by atoms with Crippen LogP contribution in [0.5, 0.6) is 5.75 Å². The van der Waals surface area contributed by atoms with Gasteiger partial charge in [0.2, 0.25) is 0 Å². The molecule has 0 aliphatic carbocycles. The lowest BCUT2D eigenvalue weighted by atomic mass is 9.97. The number of hydrogen-bond acceptors (Lipinski definition) is 3. The Morgan fingerprint density at radius 1 is 0.811 bits per heavy atom. The van der Waals surface area contributed by atoms with Crippen LogP contribution in [0.1, 0.15) is 47.8 Å². The summed E-state index contributed by atoms with van der Waals surface area (Å²) in [4.78, 5) is 8.71. The summed E-state index contributed by atoms with van der Waals surface area (Å²) < 4.78 is 72.8. The quantitative estimate of drug-likeness (QED) is 0.161. The average Bonchev–Trinajstić information content (AvgIpc) is 2.87. The molecule has 0 N–H and O–H groups in total. The second-order valence-corrected chi connectivity index (χ2v) is 8.94. The molecule has 4 aromatic rings. The molecule has 0 saturated carbocycles. The van der Waals surface area contributed by atoms with Gasteiger partial charge in [-0.3, -0.25) is 0 Å². The lowest BCUT2D eigenvalue weighted by molar-refractivity contribution is -0.140. The molecule has 0 aliphatic rings. The van der Waals surface area contributed by atoms with E-state index in [2.05, 4.69) is 16.9 Å².